The predicted octanol–water partition coefficient (Wildman–Crippen LogP) is 4.32. The molecule has 1 N–H and O–H groups in total. The van der Waals surface area contributed by atoms with E-state index in [-0.39, 0.29) is 31.1 Å². The number of fused-ring (bicyclic) bond motifs is 7. The highest BCUT2D eigenvalue weighted by atomic mass is 16.6. The maximum atomic E-state index is 14.1. The van der Waals surface area contributed by atoms with Gasteiger partial charge in [0, 0.05) is 29.7 Å². The van der Waals surface area contributed by atoms with Crippen LogP contribution in [0.1, 0.15) is 56.0 Å². The highest BCUT2D eigenvalue weighted by Crippen LogP contribution is 2.62. The van der Waals surface area contributed by atoms with Gasteiger partial charge >= 0.3 is 0 Å². The molecule has 2 amide bonds. The van der Waals surface area contributed by atoms with Crippen LogP contribution < -0.4 is 14.4 Å². The van der Waals surface area contributed by atoms with Crippen molar-refractivity contribution in [2.45, 2.75) is 62.9 Å². The van der Waals surface area contributed by atoms with Crippen LogP contribution in [0.3, 0.4) is 0 Å². The molecule has 5 unspecified atom stereocenters. The summed E-state index contributed by atoms with van der Waals surface area (Å²) < 4.78 is 18.5. The molecule has 0 saturated carbocycles. The van der Waals surface area contributed by atoms with Crippen molar-refractivity contribution >= 4 is 34.1 Å². The van der Waals surface area contributed by atoms with Crippen LogP contribution in [0.15, 0.2) is 54.6 Å². The smallest absolute Gasteiger partial charge is 0.240 e. The molecule has 214 valence electrons. The van der Waals surface area contributed by atoms with Gasteiger partial charge in [0.2, 0.25) is 11.8 Å². The number of Topliss-reactive ketones (excluding diaryl/α,β-unsaturated/α-hetero) is 1. The Kier molecular flexibility index (Phi) is 5.62. The maximum absolute atomic E-state index is 14.1. The van der Waals surface area contributed by atoms with Crippen LogP contribution >= 0.6 is 0 Å². The van der Waals surface area contributed by atoms with Gasteiger partial charge in [-0.1, -0.05) is 24.3 Å². The number of nitrogens with zero attached hydrogens (tertiary/aromatic N) is 2. The Morgan fingerprint density at radius 1 is 1.02 bits per heavy atom. The molecule has 0 spiro atoms. The fourth-order valence-corrected chi connectivity index (χ4v) is 7.50. The van der Waals surface area contributed by atoms with E-state index >= 15 is 0 Å². The van der Waals surface area contributed by atoms with Crippen LogP contribution in [-0.2, 0) is 14.3 Å². The van der Waals surface area contributed by atoms with E-state index in [9.17, 15) is 24.8 Å². The van der Waals surface area contributed by atoms with E-state index in [0.29, 0.717) is 45.5 Å². The fourth-order valence-electron chi connectivity index (χ4n) is 7.50. The lowest BCUT2D eigenvalue weighted by Gasteiger charge is -2.33. The van der Waals surface area contributed by atoms with Gasteiger partial charge in [-0.25, -0.2) is 4.90 Å². The zero-order valence-corrected chi connectivity index (χ0v) is 23.5. The summed E-state index contributed by atoms with van der Waals surface area (Å²) in [7, 11) is 0. The first kappa shape index (κ1) is 26.6. The van der Waals surface area contributed by atoms with Crippen molar-refractivity contribution in [3.8, 4) is 17.6 Å². The van der Waals surface area contributed by atoms with Gasteiger partial charge in [-0.2, -0.15) is 5.26 Å². The summed E-state index contributed by atoms with van der Waals surface area (Å²) in [6.45, 7) is 5.58. The number of hydrogen-bond acceptors (Lipinski definition) is 8. The summed E-state index contributed by atoms with van der Waals surface area (Å²) in [5.41, 5.74) is -1.54. The van der Waals surface area contributed by atoms with Crippen LogP contribution in [0.2, 0.25) is 0 Å². The quantitative estimate of drug-likeness (QED) is 0.453. The van der Waals surface area contributed by atoms with Crippen molar-refractivity contribution < 1.29 is 33.7 Å². The average molecular weight is 567 g/mol. The molecule has 5 atom stereocenters. The minimum absolute atomic E-state index is 0.0142. The molecular formula is C33H30N2O7. The number of aliphatic hydroxyl groups is 1. The second-order valence-electron chi connectivity index (χ2n) is 12.5. The number of nitriles is 1. The predicted molar refractivity (Wildman–Crippen MR) is 151 cm³/mol. The monoisotopic (exact) mass is 566 g/mol. The first-order valence-corrected chi connectivity index (χ1v) is 14.1. The minimum atomic E-state index is -1.22. The van der Waals surface area contributed by atoms with Crippen LogP contribution in [0.4, 0.5) is 5.69 Å². The van der Waals surface area contributed by atoms with Gasteiger partial charge in [0.05, 0.1) is 59.5 Å². The molecule has 4 heterocycles. The van der Waals surface area contributed by atoms with Gasteiger partial charge in [-0.15, -0.1) is 0 Å². The van der Waals surface area contributed by atoms with Gasteiger partial charge in [-0.05, 0) is 45.0 Å². The molecule has 0 aromatic heterocycles. The normalized spacial score (nSPS) is 30.7. The van der Waals surface area contributed by atoms with Gasteiger partial charge in [0.25, 0.3) is 0 Å². The number of rotatable bonds is 5. The lowest BCUT2D eigenvalue weighted by atomic mass is 9.66. The second-order valence-corrected chi connectivity index (χ2v) is 12.5. The maximum Gasteiger partial charge on any atom is 0.240 e. The first-order valence-electron chi connectivity index (χ1n) is 14.1. The Morgan fingerprint density at radius 3 is 2.52 bits per heavy atom. The number of carbonyl (C=O) groups is 3. The van der Waals surface area contributed by atoms with Crippen molar-refractivity contribution in [3.63, 3.8) is 0 Å². The summed E-state index contributed by atoms with van der Waals surface area (Å²) in [4.78, 5) is 41.8. The summed E-state index contributed by atoms with van der Waals surface area (Å²) in [6, 6.07) is 17.7. The third kappa shape index (κ3) is 3.65. The fraction of sp³-hybridized carbons (Fsp3) is 0.394. The van der Waals surface area contributed by atoms with Gasteiger partial charge in [0.1, 0.15) is 22.7 Å². The number of benzene rings is 3. The molecule has 4 aliphatic rings. The molecule has 3 aromatic rings. The van der Waals surface area contributed by atoms with Crippen molar-refractivity contribution in [3.05, 3.63) is 65.7 Å². The van der Waals surface area contributed by atoms with E-state index in [4.69, 9.17) is 14.2 Å². The van der Waals surface area contributed by atoms with Crippen LogP contribution in [0.5, 0.6) is 11.5 Å². The van der Waals surface area contributed by atoms with Crippen molar-refractivity contribution in [2.24, 2.45) is 11.8 Å². The molecule has 42 heavy (non-hydrogen) atoms. The number of hydrogen-bond donors (Lipinski definition) is 1. The Balaban J connectivity index is 1.18. The first-order chi connectivity index (χ1) is 20.0. The van der Waals surface area contributed by atoms with E-state index < -0.39 is 40.7 Å². The number of ketones is 1. The third-order valence-electron chi connectivity index (χ3n) is 9.40. The van der Waals surface area contributed by atoms with E-state index in [1.54, 1.807) is 55.5 Å². The molecule has 0 aliphatic carbocycles. The zero-order chi connectivity index (χ0) is 29.6. The highest BCUT2D eigenvalue weighted by Gasteiger charge is 2.77. The Labute approximate surface area is 242 Å². The van der Waals surface area contributed by atoms with Crippen molar-refractivity contribution in [1.82, 2.24) is 0 Å². The van der Waals surface area contributed by atoms with Gasteiger partial charge in [0.15, 0.2) is 5.78 Å². The Morgan fingerprint density at radius 2 is 1.76 bits per heavy atom. The summed E-state index contributed by atoms with van der Waals surface area (Å²) in [5.74, 6) is -1.45. The number of imide groups is 1. The zero-order valence-electron chi connectivity index (χ0n) is 23.5. The van der Waals surface area contributed by atoms with Crippen LogP contribution in [0.25, 0.3) is 10.8 Å². The van der Waals surface area contributed by atoms with E-state index in [2.05, 4.69) is 6.07 Å². The minimum Gasteiger partial charge on any atom is -0.493 e. The molecule has 2 bridgehead atoms. The molecule has 0 radical (unpaired) electrons. The van der Waals surface area contributed by atoms with Gasteiger partial charge in [-0.3, -0.25) is 14.4 Å². The molecular weight excluding hydrogens is 536 g/mol. The topological polar surface area (TPSA) is 126 Å². The molecule has 9 nitrogen and oxygen atoms in total. The summed E-state index contributed by atoms with van der Waals surface area (Å²) in [5, 5.41) is 22.0. The molecule has 3 aromatic carbocycles. The van der Waals surface area contributed by atoms with Crippen molar-refractivity contribution in [2.75, 3.05) is 11.5 Å². The lowest BCUT2D eigenvalue weighted by molar-refractivity contribution is -0.134. The van der Waals surface area contributed by atoms with E-state index in [1.807, 2.05) is 19.9 Å². The van der Waals surface area contributed by atoms with E-state index in [0.717, 1.165) is 0 Å². The SMILES string of the molecule is CC1(C)CC(=O)c2ccc(OCCC34CC(O)C(C)(O3)C3C(=O)N(c5ccc(C#N)c6ccccc56)C(=O)C34)cc2O1. The lowest BCUT2D eigenvalue weighted by Crippen LogP contribution is -2.49. The third-order valence-corrected chi connectivity index (χ3v) is 9.40. The van der Waals surface area contributed by atoms with E-state index in [1.165, 1.54) is 4.90 Å². The Bertz CT molecular complexity index is 1740. The molecule has 4 aliphatic heterocycles. The highest BCUT2D eigenvalue weighted by molar-refractivity contribution is 6.26. The number of ether oxygens (including phenoxy) is 3. The standard InChI is InChI=1S/C33H30N2O7/c1-31(2)15-24(36)22-10-9-19(14-25(22)41-31)40-13-12-33-16-26(37)32(3,42-33)27-28(33)30(39)35(29(27)38)23-11-8-18(17-34)20-6-4-5-7-21(20)23/h4-11,14,26-28,37H,12-13,15-16H2,1-3H3. The molecule has 9 heteroatoms. The summed E-state index contributed by atoms with van der Waals surface area (Å²) in [6.07, 6.45) is -0.167. The number of aliphatic hydroxyl groups excluding tert-OH is 1. The summed E-state index contributed by atoms with van der Waals surface area (Å²) >= 11 is 0. The number of anilines is 1. The van der Waals surface area contributed by atoms with Gasteiger partial charge < -0.3 is 19.3 Å². The van der Waals surface area contributed by atoms with Crippen LogP contribution in [0, 0.1) is 23.2 Å². The largest absolute Gasteiger partial charge is 0.493 e. The van der Waals surface area contributed by atoms with Crippen molar-refractivity contribution in [1.29, 1.82) is 5.26 Å². The molecule has 3 fully saturated rings. The Hall–Kier alpha value is -4.26. The average Bonchev–Trinajstić information content (AvgIpc) is 3.48. The molecule has 3 saturated heterocycles. The van der Waals surface area contributed by atoms with Crippen LogP contribution in [-0.4, -0.2) is 52.2 Å². The second kappa shape index (κ2) is 8.87. The number of amides is 2. The molecule has 7 rings (SSSR count). The number of carbonyl (C=O) groups excluding carboxylic acids is 3.